The fourth-order valence-electron chi connectivity index (χ4n) is 2.17. The van der Waals surface area contributed by atoms with Gasteiger partial charge in [0.2, 0.25) is 10.0 Å². The summed E-state index contributed by atoms with van der Waals surface area (Å²) in [6, 6.07) is 9.11. The van der Waals surface area contributed by atoms with Crippen LogP contribution in [-0.4, -0.2) is 47.8 Å². The Morgan fingerprint density at radius 1 is 1.11 bits per heavy atom. The van der Waals surface area contributed by atoms with Crippen molar-refractivity contribution in [1.29, 1.82) is 0 Å². The van der Waals surface area contributed by atoms with Gasteiger partial charge in [-0.2, -0.15) is 0 Å². The fraction of sp³-hybridized carbons (Fsp3) is 0.389. The van der Waals surface area contributed by atoms with E-state index in [-0.39, 0.29) is 17.3 Å². The molecule has 0 fully saturated rings. The molecule has 1 amide bonds. The lowest BCUT2D eigenvalue weighted by atomic mass is 10.2. The van der Waals surface area contributed by atoms with E-state index < -0.39 is 10.0 Å². The summed E-state index contributed by atoms with van der Waals surface area (Å²) in [5.41, 5.74) is 0.389. The second kappa shape index (κ2) is 10.8. The monoisotopic (exact) mass is 396 g/mol. The van der Waals surface area contributed by atoms with Crippen LogP contribution in [0.15, 0.2) is 52.0 Å². The lowest BCUT2D eigenvalue weighted by Crippen LogP contribution is -2.26. The molecule has 0 saturated carbocycles. The molecule has 1 aromatic carbocycles. The quantitative estimate of drug-likeness (QED) is 0.527. The van der Waals surface area contributed by atoms with Gasteiger partial charge in [0, 0.05) is 25.8 Å². The van der Waals surface area contributed by atoms with Gasteiger partial charge in [0.1, 0.15) is 5.76 Å². The summed E-state index contributed by atoms with van der Waals surface area (Å²) in [5.74, 6) is 0.250. The zero-order valence-electron chi connectivity index (χ0n) is 15.1. The van der Waals surface area contributed by atoms with Gasteiger partial charge in [0.25, 0.3) is 5.91 Å². The highest BCUT2D eigenvalue weighted by atomic mass is 32.2. The van der Waals surface area contributed by atoms with E-state index in [0.717, 1.165) is 0 Å². The Balaban J connectivity index is 1.78. The number of hydrogen-bond donors (Lipinski definition) is 2. The van der Waals surface area contributed by atoms with Crippen molar-refractivity contribution < 1.29 is 27.1 Å². The largest absolute Gasteiger partial charge is 0.468 e. The van der Waals surface area contributed by atoms with E-state index in [1.807, 2.05) is 0 Å². The zero-order chi connectivity index (χ0) is 19.5. The molecule has 0 bridgehead atoms. The number of carbonyl (C=O) groups excluding carboxylic acids is 1. The van der Waals surface area contributed by atoms with Crippen LogP contribution in [0.1, 0.15) is 22.5 Å². The van der Waals surface area contributed by atoms with Gasteiger partial charge in [-0.15, -0.1) is 0 Å². The molecule has 1 heterocycles. The highest BCUT2D eigenvalue weighted by Gasteiger charge is 2.15. The molecule has 9 heteroatoms. The van der Waals surface area contributed by atoms with Crippen LogP contribution >= 0.6 is 0 Å². The van der Waals surface area contributed by atoms with Crippen LogP contribution in [-0.2, 0) is 26.0 Å². The summed E-state index contributed by atoms with van der Waals surface area (Å²) in [6.07, 6.45) is 2.15. The minimum atomic E-state index is -3.68. The van der Waals surface area contributed by atoms with Crippen LogP contribution in [0, 0.1) is 0 Å². The van der Waals surface area contributed by atoms with Crippen LogP contribution < -0.4 is 10.0 Å². The maximum atomic E-state index is 12.3. The summed E-state index contributed by atoms with van der Waals surface area (Å²) in [6.45, 7) is 2.12. The van der Waals surface area contributed by atoms with E-state index in [1.54, 1.807) is 19.2 Å². The molecular weight excluding hydrogens is 372 g/mol. The van der Waals surface area contributed by atoms with Gasteiger partial charge in [0.15, 0.2) is 0 Å². The number of nitrogens with one attached hydrogen (secondary N) is 2. The first-order valence-electron chi connectivity index (χ1n) is 8.50. The Hall–Kier alpha value is -2.20. The van der Waals surface area contributed by atoms with Crippen LogP contribution in [0.4, 0.5) is 0 Å². The molecule has 0 saturated heterocycles. The molecule has 0 aliphatic rings. The van der Waals surface area contributed by atoms with Gasteiger partial charge in [-0.1, -0.05) is 0 Å². The third-order valence-corrected chi connectivity index (χ3v) is 5.04. The van der Waals surface area contributed by atoms with Crippen molar-refractivity contribution >= 4 is 15.9 Å². The second-order valence-corrected chi connectivity index (χ2v) is 7.41. The van der Waals surface area contributed by atoms with Crippen molar-refractivity contribution in [2.75, 3.05) is 33.5 Å². The van der Waals surface area contributed by atoms with Crippen molar-refractivity contribution in [2.45, 2.75) is 17.9 Å². The third-order valence-electron chi connectivity index (χ3n) is 3.63. The summed E-state index contributed by atoms with van der Waals surface area (Å²) in [5, 5.41) is 2.76. The molecule has 2 rings (SSSR count). The maximum Gasteiger partial charge on any atom is 0.251 e. The normalized spacial score (nSPS) is 11.4. The van der Waals surface area contributed by atoms with E-state index in [9.17, 15) is 13.2 Å². The SMILES string of the molecule is COCCOCCCNC(=O)c1ccc(S(=O)(=O)NCc2ccco2)cc1. The molecule has 2 aromatic rings. The first kappa shape index (κ1) is 21.1. The predicted molar refractivity (Wildman–Crippen MR) is 98.8 cm³/mol. The van der Waals surface area contributed by atoms with Crippen LogP contribution in [0.3, 0.4) is 0 Å². The van der Waals surface area contributed by atoms with Gasteiger partial charge < -0.3 is 19.2 Å². The molecule has 0 spiro atoms. The Kier molecular flexibility index (Phi) is 8.46. The number of furan rings is 1. The van der Waals surface area contributed by atoms with E-state index in [2.05, 4.69) is 10.0 Å². The molecular formula is C18H24N2O6S. The number of ether oxygens (including phenoxy) is 2. The van der Waals surface area contributed by atoms with Gasteiger partial charge >= 0.3 is 0 Å². The lowest BCUT2D eigenvalue weighted by molar-refractivity contribution is 0.0688. The van der Waals surface area contributed by atoms with E-state index in [4.69, 9.17) is 13.9 Å². The molecule has 2 N–H and O–H groups in total. The molecule has 148 valence electrons. The number of methoxy groups -OCH3 is 1. The van der Waals surface area contributed by atoms with Gasteiger partial charge in [-0.25, -0.2) is 13.1 Å². The standard InChI is InChI=1S/C18H24N2O6S/c1-24-12-13-25-10-3-9-19-18(21)15-5-7-17(8-6-15)27(22,23)20-14-16-4-2-11-26-16/h2,4-8,11,20H,3,9-10,12-14H2,1H3,(H,19,21). The number of hydrogen-bond acceptors (Lipinski definition) is 6. The number of carbonyl (C=O) groups is 1. The lowest BCUT2D eigenvalue weighted by Gasteiger charge is -2.08. The fourth-order valence-corrected chi connectivity index (χ4v) is 3.16. The highest BCUT2D eigenvalue weighted by Crippen LogP contribution is 2.11. The molecule has 0 aliphatic carbocycles. The topological polar surface area (TPSA) is 107 Å². The van der Waals surface area contributed by atoms with Crippen molar-refractivity contribution in [2.24, 2.45) is 0 Å². The minimum Gasteiger partial charge on any atom is -0.468 e. The predicted octanol–water partition coefficient (Wildman–Crippen LogP) is 1.54. The van der Waals surface area contributed by atoms with Crippen LogP contribution in [0.2, 0.25) is 0 Å². The second-order valence-electron chi connectivity index (χ2n) is 5.64. The third kappa shape index (κ3) is 7.14. The van der Waals surface area contributed by atoms with E-state index in [1.165, 1.54) is 30.5 Å². The van der Waals surface area contributed by atoms with Gasteiger partial charge in [0.05, 0.1) is 30.9 Å². The Bertz CT molecular complexity index is 788. The molecule has 0 atom stereocenters. The average molecular weight is 396 g/mol. The molecule has 27 heavy (non-hydrogen) atoms. The first-order valence-corrected chi connectivity index (χ1v) is 9.98. The maximum absolute atomic E-state index is 12.3. The molecule has 0 radical (unpaired) electrons. The highest BCUT2D eigenvalue weighted by molar-refractivity contribution is 7.89. The average Bonchev–Trinajstić information content (AvgIpc) is 3.19. The van der Waals surface area contributed by atoms with Gasteiger partial charge in [-0.3, -0.25) is 4.79 Å². The number of benzene rings is 1. The van der Waals surface area contributed by atoms with Crippen LogP contribution in [0.5, 0.6) is 0 Å². The van der Waals surface area contributed by atoms with E-state index >= 15 is 0 Å². The number of rotatable bonds is 12. The number of amides is 1. The summed E-state index contributed by atoms with van der Waals surface area (Å²) in [7, 11) is -2.07. The number of sulfonamides is 1. The molecule has 0 aliphatic heterocycles. The van der Waals surface area contributed by atoms with Crippen molar-refractivity contribution in [3.63, 3.8) is 0 Å². The summed E-state index contributed by atoms with van der Waals surface area (Å²) >= 11 is 0. The first-order chi connectivity index (χ1) is 13.0. The minimum absolute atomic E-state index is 0.0595. The van der Waals surface area contributed by atoms with Crippen LogP contribution in [0.25, 0.3) is 0 Å². The molecule has 0 unspecified atom stereocenters. The molecule has 8 nitrogen and oxygen atoms in total. The van der Waals surface area contributed by atoms with Crippen molar-refractivity contribution in [3.8, 4) is 0 Å². The summed E-state index contributed by atoms with van der Waals surface area (Å²) < 4.78 is 42.2. The Morgan fingerprint density at radius 2 is 1.89 bits per heavy atom. The summed E-state index contributed by atoms with van der Waals surface area (Å²) in [4.78, 5) is 12.2. The zero-order valence-corrected chi connectivity index (χ0v) is 16.0. The van der Waals surface area contributed by atoms with E-state index in [0.29, 0.717) is 44.1 Å². The smallest absolute Gasteiger partial charge is 0.251 e. The van der Waals surface area contributed by atoms with Gasteiger partial charge in [-0.05, 0) is 42.8 Å². The van der Waals surface area contributed by atoms with Crippen molar-refractivity contribution in [1.82, 2.24) is 10.0 Å². The Labute approximate surface area is 158 Å². The molecule has 1 aromatic heterocycles. The van der Waals surface area contributed by atoms with Crippen molar-refractivity contribution in [3.05, 3.63) is 54.0 Å². The Morgan fingerprint density at radius 3 is 2.56 bits per heavy atom.